The highest BCUT2D eigenvalue weighted by Gasteiger charge is 2.18. The molecule has 0 aliphatic heterocycles. The number of para-hydroxylation sites is 2. The minimum atomic E-state index is -0.359. The fraction of sp³-hybridized carbons (Fsp3) is 0.120. The molecule has 0 aliphatic carbocycles. The molecule has 0 N–H and O–H groups in total. The zero-order chi connectivity index (χ0) is 21.4. The highest BCUT2D eigenvalue weighted by molar-refractivity contribution is 5.91. The Balaban J connectivity index is 1.79. The van der Waals surface area contributed by atoms with Crippen LogP contribution >= 0.6 is 0 Å². The Labute approximate surface area is 179 Å². The van der Waals surface area contributed by atoms with Gasteiger partial charge < -0.3 is 4.74 Å². The molecule has 0 aliphatic rings. The molecule has 3 aromatic carbocycles. The summed E-state index contributed by atoms with van der Waals surface area (Å²) in [6.45, 7) is 4.16. The molecule has 2 heterocycles. The van der Waals surface area contributed by atoms with E-state index in [1.54, 1.807) is 19.1 Å². The Morgan fingerprint density at radius 1 is 0.903 bits per heavy atom. The van der Waals surface area contributed by atoms with E-state index < -0.39 is 0 Å². The van der Waals surface area contributed by atoms with Gasteiger partial charge in [-0.15, -0.1) is 0 Å². The van der Waals surface area contributed by atoms with Gasteiger partial charge in [0.25, 0.3) is 0 Å². The van der Waals surface area contributed by atoms with Gasteiger partial charge in [-0.1, -0.05) is 48.0 Å². The topological polar surface area (TPSA) is 69.9 Å². The number of imidazole rings is 1. The molecule has 31 heavy (non-hydrogen) atoms. The van der Waals surface area contributed by atoms with Crippen molar-refractivity contribution >= 4 is 28.3 Å². The van der Waals surface area contributed by atoms with E-state index in [9.17, 15) is 4.79 Å². The van der Waals surface area contributed by atoms with Crippen LogP contribution < -0.4 is 0 Å². The van der Waals surface area contributed by atoms with Crippen LogP contribution in [0.5, 0.6) is 0 Å². The third kappa shape index (κ3) is 3.42. The molecule has 0 radical (unpaired) electrons. The quantitative estimate of drug-likeness (QED) is 0.386. The summed E-state index contributed by atoms with van der Waals surface area (Å²) in [6.07, 6.45) is 0. The number of hydrogen-bond donors (Lipinski definition) is 0. The first-order chi connectivity index (χ1) is 15.1. The summed E-state index contributed by atoms with van der Waals surface area (Å²) in [4.78, 5) is 26.7. The largest absolute Gasteiger partial charge is 0.462 e. The lowest BCUT2D eigenvalue weighted by atomic mass is 10.1. The maximum Gasteiger partial charge on any atom is 0.338 e. The Hall–Kier alpha value is -4.06. The van der Waals surface area contributed by atoms with Crippen molar-refractivity contribution in [1.29, 1.82) is 0 Å². The van der Waals surface area contributed by atoms with Gasteiger partial charge in [-0.05, 0) is 44.2 Å². The molecule has 6 heteroatoms. The summed E-state index contributed by atoms with van der Waals surface area (Å²) in [7, 11) is 0. The number of benzene rings is 3. The van der Waals surface area contributed by atoms with Gasteiger partial charge in [-0.25, -0.2) is 19.7 Å². The SMILES string of the molecule is CCOC(=O)c1cccc(-n2c(-c3ccc(C)cc3)nc3nc4ccccc4nc32)c1. The standard InChI is InChI=1S/C25H20N4O2/c1-3-31-25(30)18-7-6-8-19(15-18)29-23(17-13-11-16(2)12-14-17)28-22-24(29)27-21-10-5-4-9-20(21)26-22/h4-15H,3H2,1-2H3. The maximum absolute atomic E-state index is 12.3. The second-order valence-corrected chi connectivity index (χ2v) is 7.27. The smallest absolute Gasteiger partial charge is 0.338 e. The molecule has 0 amide bonds. The normalized spacial score (nSPS) is 11.2. The van der Waals surface area contributed by atoms with E-state index in [-0.39, 0.29) is 5.97 Å². The van der Waals surface area contributed by atoms with Crippen molar-refractivity contribution in [2.75, 3.05) is 6.61 Å². The lowest BCUT2D eigenvalue weighted by Crippen LogP contribution is -2.06. The molecule has 5 rings (SSSR count). The molecular formula is C25H20N4O2. The summed E-state index contributed by atoms with van der Waals surface area (Å²) in [5.41, 5.74) is 6.11. The van der Waals surface area contributed by atoms with Crippen molar-refractivity contribution in [3.8, 4) is 17.1 Å². The van der Waals surface area contributed by atoms with Gasteiger partial charge in [0.05, 0.1) is 28.9 Å². The van der Waals surface area contributed by atoms with Crippen molar-refractivity contribution in [1.82, 2.24) is 19.5 Å². The van der Waals surface area contributed by atoms with E-state index in [1.165, 1.54) is 0 Å². The fourth-order valence-corrected chi connectivity index (χ4v) is 3.58. The molecule has 0 unspecified atom stereocenters. The Bertz CT molecular complexity index is 1420. The molecule has 0 bridgehead atoms. The van der Waals surface area contributed by atoms with E-state index in [0.717, 1.165) is 27.8 Å². The molecular weight excluding hydrogens is 388 g/mol. The zero-order valence-electron chi connectivity index (χ0n) is 17.2. The number of aryl methyl sites for hydroxylation is 1. The third-order valence-electron chi connectivity index (χ3n) is 5.10. The number of fused-ring (bicyclic) bond motifs is 2. The van der Waals surface area contributed by atoms with Gasteiger partial charge in [-0.3, -0.25) is 4.57 Å². The van der Waals surface area contributed by atoms with E-state index in [2.05, 4.69) is 0 Å². The molecule has 0 atom stereocenters. The highest BCUT2D eigenvalue weighted by atomic mass is 16.5. The molecule has 0 saturated heterocycles. The van der Waals surface area contributed by atoms with E-state index in [4.69, 9.17) is 19.7 Å². The van der Waals surface area contributed by atoms with Gasteiger partial charge in [0.15, 0.2) is 11.3 Å². The second kappa shape index (κ2) is 7.65. The van der Waals surface area contributed by atoms with Crippen LogP contribution in [-0.4, -0.2) is 32.1 Å². The Morgan fingerprint density at radius 2 is 1.65 bits per heavy atom. The molecule has 0 saturated carbocycles. The number of esters is 1. The van der Waals surface area contributed by atoms with Gasteiger partial charge in [0.2, 0.25) is 0 Å². The average molecular weight is 408 g/mol. The van der Waals surface area contributed by atoms with Crippen molar-refractivity contribution in [3.05, 3.63) is 83.9 Å². The van der Waals surface area contributed by atoms with Crippen molar-refractivity contribution in [2.45, 2.75) is 13.8 Å². The highest BCUT2D eigenvalue weighted by Crippen LogP contribution is 2.29. The summed E-state index contributed by atoms with van der Waals surface area (Å²) >= 11 is 0. The van der Waals surface area contributed by atoms with Crippen LogP contribution in [0.2, 0.25) is 0 Å². The first-order valence-corrected chi connectivity index (χ1v) is 10.1. The van der Waals surface area contributed by atoms with E-state index in [1.807, 2.05) is 72.2 Å². The number of aromatic nitrogens is 4. The minimum absolute atomic E-state index is 0.323. The summed E-state index contributed by atoms with van der Waals surface area (Å²) < 4.78 is 7.13. The number of ether oxygens (including phenoxy) is 1. The van der Waals surface area contributed by atoms with Crippen molar-refractivity contribution < 1.29 is 9.53 Å². The van der Waals surface area contributed by atoms with Crippen LogP contribution in [-0.2, 0) is 4.74 Å². The summed E-state index contributed by atoms with van der Waals surface area (Å²) in [6, 6.07) is 23.2. The number of nitrogens with zero attached hydrogens (tertiary/aromatic N) is 4. The Morgan fingerprint density at radius 3 is 2.39 bits per heavy atom. The monoisotopic (exact) mass is 408 g/mol. The molecule has 0 spiro atoms. The van der Waals surface area contributed by atoms with Crippen molar-refractivity contribution in [2.24, 2.45) is 0 Å². The first kappa shape index (κ1) is 18.9. The molecule has 6 nitrogen and oxygen atoms in total. The van der Waals surface area contributed by atoms with Crippen LogP contribution in [0.25, 0.3) is 39.4 Å². The lowest BCUT2D eigenvalue weighted by Gasteiger charge is -2.11. The number of carbonyl (C=O) groups is 1. The lowest BCUT2D eigenvalue weighted by molar-refractivity contribution is 0.0526. The van der Waals surface area contributed by atoms with Crippen LogP contribution in [0.1, 0.15) is 22.8 Å². The van der Waals surface area contributed by atoms with Gasteiger partial charge in [0.1, 0.15) is 5.82 Å². The van der Waals surface area contributed by atoms with Gasteiger partial charge in [0, 0.05) is 5.56 Å². The number of hydrogen-bond acceptors (Lipinski definition) is 5. The predicted octanol–water partition coefficient (Wildman–Crippen LogP) is 5.12. The molecule has 5 aromatic rings. The predicted molar refractivity (Wildman–Crippen MR) is 120 cm³/mol. The fourth-order valence-electron chi connectivity index (χ4n) is 3.58. The van der Waals surface area contributed by atoms with Gasteiger partial charge >= 0.3 is 5.97 Å². The summed E-state index contributed by atoms with van der Waals surface area (Å²) in [5.74, 6) is 0.355. The number of carbonyl (C=O) groups excluding carboxylic acids is 1. The third-order valence-corrected chi connectivity index (χ3v) is 5.10. The molecule has 0 fully saturated rings. The average Bonchev–Trinajstić information content (AvgIpc) is 3.16. The maximum atomic E-state index is 12.3. The van der Waals surface area contributed by atoms with Crippen molar-refractivity contribution in [3.63, 3.8) is 0 Å². The van der Waals surface area contributed by atoms with Crippen LogP contribution in [0.15, 0.2) is 72.8 Å². The first-order valence-electron chi connectivity index (χ1n) is 10.1. The zero-order valence-corrected chi connectivity index (χ0v) is 17.2. The Kier molecular flexibility index (Phi) is 4.67. The molecule has 152 valence electrons. The van der Waals surface area contributed by atoms with Crippen LogP contribution in [0.4, 0.5) is 0 Å². The minimum Gasteiger partial charge on any atom is -0.462 e. The van der Waals surface area contributed by atoms with E-state index >= 15 is 0 Å². The van der Waals surface area contributed by atoms with E-state index in [0.29, 0.717) is 29.3 Å². The van der Waals surface area contributed by atoms with Gasteiger partial charge in [-0.2, -0.15) is 0 Å². The second-order valence-electron chi connectivity index (χ2n) is 7.27. The molecule has 2 aromatic heterocycles. The van der Waals surface area contributed by atoms with Crippen LogP contribution in [0, 0.1) is 6.92 Å². The number of rotatable bonds is 4. The summed E-state index contributed by atoms with van der Waals surface area (Å²) in [5, 5.41) is 0. The van der Waals surface area contributed by atoms with Crippen LogP contribution in [0.3, 0.4) is 0 Å².